The molecule has 4 nitrogen and oxygen atoms in total. The van der Waals surface area contributed by atoms with Gasteiger partial charge in [-0.25, -0.2) is 9.07 Å². The van der Waals surface area contributed by atoms with Crippen LogP contribution in [-0.2, 0) is 4.74 Å². The van der Waals surface area contributed by atoms with Gasteiger partial charge in [-0.1, -0.05) is 35.9 Å². The molecule has 27 heavy (non-hydrogen) atoms. The first-order chi connectivity index (χ1) is 13.1. The lowest BCUT2D eigenvalue weighted by atomic mass is 10.1. The minimum Gasteiger partial charge on any atom is -0.383 e. The van der Waals surface area contributed by atoms with Crippen molar-refractivity contribution in [2.24, 2.45) is 10.1 Å². The Labute approximate surface area is 162 Å². The van der Waals surface area contributed by atoms with E-state index in [1.54, 1.807) is 30.1 Å². The van der Waals surface area contributed by atoms with E-state index < -0.39 is 0 Å². The van der Waals surface area contributed by atoms with Crippen molar-refractivity contribution in [1.29, 1.82) is 0 Å². The summed E-state index contributed by atoms with van der Waals surface area (Å²) in [6, 6.07) is 12.9. The van der Waals surface area contributed by atoms with E-state index in [0.717, 1.165) is 16.7 Å². The van der Waals surface area contributed by atoms with Gasteiger partial charge in [0.05, 0.1) is 25.1 Å². The lowest BCUT2D eigenvalue weighted by Crippen LogP contribution is -2.14. The number of nitrogens with zero attached hydrogens (tertiary/aromatic N) is 3. The van der Waals surface area contributed by atoms with Crippen molar-refractivity contribution < 1.29 is 9.13 Å². The standard InChI is InChI=1S/C21H22FN3OS/c1-15-8-9-16(2)17(12-15)13-24-25-20(18-6-4-5-7-19(18)22)14-27-21(25)23-10-11-26-3/h4-9,12-14H,10-11H2,1-3H3/b23-21?,24-13-. The number of halogens is 1. The predicted octanol–water partition coefficient (Wildman–Crippen LogP) is 4.40. The molecule has 140 valence electrons. The summed E-state index contributed by atoms with van der Waals surface area (Å²) >= 11 is 1.43. The summed E-state index contributed by atoms with van der Waals surface area (Å²) in [5, 5.41) is 6.51. The van der Waals surface area contributed by atoms with Crippen LogP contribution in [-0.4, -0.2) is 31.2 Å². The van der Waals surface area contributed by atoms with Crippen LogP contribution in [0.15, 0.2) is 57.9 Å². The van der Waals surface area contributed by atoms with E-state index in [9.17, 15) is 4.39 Å². The number of hydrogen-bond acceptors (Lipinski definition) is 4. The summed E-state index contributed by atoms with van der Waals surface area (Å²) in [5.41, 5.74) is 4.49. The minimum atomic E-state index is -0.283. The van der Waals surface area contributed by atoms with Gasteiger partial charge in [-0.05, 0) is 37.1 Å². The van der Waals surface area contributed by atoms with Crippen molar-refractivity contribution in [2.75, 3.05) is 20.3 Å². The third-order valence-corrected chi connectivity index (χ3v) is 4.98. The van der Waals surface area contributed by atoms with Crippen molar-refractivity contribution in [1.82, 2.24) is 4.68 Å². The van der Waals surface area contributed by atoms with E-state index in [1.165, 1.54) is 17.4 Å². The van der Waals surface area contributed by atoms with Crippen LogP contribution in [0.3, 0.4) is 0 Å². The molecule has 0 bridgehead atoms. The van der Waals surface area contributed by atoms with E-state index >= 15 is 0 Å². The van der Waals surface area contributed by atoms with Gasteiger partial charge in [0.25, 0.3) is 0 Å². The van der Waals surface area contributed by atoms with Crippen molar-refractivity contribution in [3.05, 3.63) is 75.2 Å². The zero-order valence-corrected chi connectivity index (χ0v) is 16.5. The van der Waals surface area contributed by atoms with Crippen LogP contribution in [0, 0.1) is 19.7 Å². The van der Waals surface area contributed by atoms with Crippen LogP contribution >= 0.6 is 11.3 Å². The van der Waals surface area contributed by atoms with Crippen LogP contribution < -0.4 is 4.80 Å². The highest BCUT2D eigenvalue weighted by atomic mass is 32.1. The van der Waals surface area contributed by atoms with Gasteiger partial charge in [0.1, 0.15) is 5.82 Å². The number of rotatable bonds is 6. The van der Waals surface area contributed by atoms with Gasteiger partial charge in [-0.15, -0.1) is 11.3 Å². The molecule has 0 aliphatic heterocycles. The highest BCUT2D eigenvalue weighted by Gasteiger charge is 2.11. The molecule has 0 saturated heterocycles. The Morgan fingerprint density at radius 2 is 2.00 bits per heavy atom. The number of benzene rings is 2. The molecule has 0 saturated carbocycles. The number of hydrogen-bond donors (Lipinski definition) is 0. The van der Waals surface area contributed by atoms with Crippen LogP contribution in [0.25, 0.3) is 11.3 Å². The molecule has 0 aliphatic carbocycles. The first-order valence-electron chi connectivity index (χ1n) is 8.66. The molecule has 6 heteroatoms. The molecule has 0 amide bonds. The fourth-order valence-electron chi connectivity index (χ4n) is 2.63. The third kappa shape index (κ3) is 4.59. The highest BCUT2D eigenvalue weighted by molar-refractivity contribution is 7.07. The molecule has 0 atom stereocenters. The van der Waals surface area contributed by atoms with Crippen LogP contribution in [0.2, 0.25) is 0 Å². The molecule has 1 heterocycles. The molecule has 3 aromatic rings. The maximum Gasteiger partial charge on any atom is 0.206 e. The Morgan fingerprint density at radius 1 is 1.19 bits per heavy atom. The molecule has 0 spiro atoms. The number of ether oxygens (including phenoxy) is 1. The quantitative estimate of drug-likeness (QED) is 0.459. The normalized spacial score (nSPS) is 12.2. The van der Waals surface area contributed by atoms with Gasteiger partial charge in [-0.3, -0.25) is 4.99 Å². The second kappa shape index (κ2) is 8.88. The second-order valence-electron chi connectivity index (χ2n) is 6.17. The van der Waals surface area contributed by atoms with E-state index in [2.05, 4.69) is 28.3 Å². The summed E-state index contributed by atoms with van der Waals surface area (Å²) in [6.45, 7) is 5.13. The maximum absolute atomic E-state index is 14.3. The summed E-state index contributed by atoms with van der Waals surface area (Å²) in [4.78, 5) is 5.25. The van der Waals surface area contributed by atoms with Crippen LogP contribution in [0.4, 0.5) is 4.39 Å². The van der Waals surface area contributed by atoms with Gasteiger partial charge in [0.2, 0.25) is 4.80 Å². The Bertz CT molecular complexity index is 1020. The first-order valence-corrected chi connectivity index (χ1v) is 9.54. The topological polar surface area (TPSA) is 38.9 Å². The van der Waals surface area contributed by atoms with Gasteiger partial charge in [0.15, 0.2) is 0 Å². The molecule has 0 unspecified atom stereocenters. The lowest BCUT2D eigenvalue weighted by Gasteiger charge is -2.06. The van der Waals surface area contributed by atoms with E-state index in [-0.39, 0.29) is 5.82 Å². The van der Waals surface area contributed by atoms with E-state index in [4.69, 9.17) is 4.74 Å². The number of aryl methyl sites for hydroxylation is 2. The third-order valence-electron chi connectivity index (χ3n) is 4.12. The average Bonchev–Trinajstić information content (AvgIpc) is 3.06. The zero-order valence-electron chi connectivity index (χ0n) is 15.6. The molecule has 1 aromatic heterocycles. The smallest absolute Gasteiger partial charge is 0.206 e. The molecule has 2 aromatic carbocycles. The second-order valence-corrected chi connectivity index (χ2v) is 7.01. The van der Waals surface area contributed by atoms with Gasteiger partial charge < -0.3 is 4.74 Å². The van der Waals surface area contributed by atoms with Crippen molar-refractivity contribution in [3.8, 4) is 11.3 Å². The minimum absolute atomic E-state index is 0.283. The fourth-order valence-corrected chi connectivity index (χ4v) is 3.48. The van der Waals surface area contributed by atoms with Crippen LogP contribution in [0.1, 0.15) is 16.7 Å². The molecule has 0 aliphatic rings. The Hall–Kier alpha value is -2.57. The molecule has 0 fully saturated rings. The monoisotopic (exact) mass is 383 g/mol. The zero-order chi connectivity index (χ0) is 19.2. The maximum atomic E-state index is 14.3. The largest absolute Gasteiger partial charge is 0.383 e. The molecular formula is C21H22FN3OS. The SMILES string of the molecule is COCCN=c1scc(-c2ccccc2F)n1/N=C\c1cc(C)ccc1C. The van der Waals surface area contributed by atoms with Gasteiger partial charge >= 0.3 is 0 Å². The van der Waals surface area contributed by atoms with Crippen molar-refractivity contribution in [2.45, 2.75) is 13.8 Å². The van der Waals surface area contributed by atoms with Gasteiger partial charge in [0, 0.05) is 18.1 Å². The van der Waals surface area contributed by atoms with Gasteiger partial charge in [-0.2, -0.15) is 5.10 Å². The first kappa shape index (κ1) is 19.2. The lowest BCUT2D eigenvalue weighted by molar-refractivity contribution is 0.207. The average molecular weight is 383 g/mol. The Kier molecular flexibility index (Phi) is 6.32. The molecule has 0 radical (unpaired) electrons. The summed E-state index contributed by atoms with van der Waals surface area (Å²) in [5.74, 6) is -0.283. The fraction of sp³-hybridized carbons (Fsp3) is 0.238. The van der Waals surface area contributed by atoms with Crippen molar-refractivity contribution >= 4 is 17.6 Å². The number of aromatic nitrogens is 1. The number of thiazole rings is 1. The molecule has 3 rings (SSSR count). The Balaban J connectivity index is 2.09. The van der Waals surface area contributed by atoms with Crippen LogP contribution in [0.5, 0.6) is 0 Å². The summed E-state index contributed by atoms with van der Waals surface area (Å²) in [7, 11) is 1.64. The summed E-state index contributed by atoms with van der Waals surface area (Å²) in [6.07, 6.45) is 1.80. The van der Waals surface area contributed by atoms with E-state index in [1.807, 2.05) is 25.3 Å². The predicted molar refractivity (Wildman–Crippen MR) is 109 cm³/mol. The molecule has 0 N–H and O–H groups in total. The molecular weight excluding hydrogens is 361 g/mol. The summed E-state index contributed by atoms with van der Waals surface area (Å²) < 4.78 is 21.1. The van der Waals surface area contributed by atoms with E-state index in [0.29, 0.717) is 29.2 Å². The Morgan fingerprint density at radius 3 is 2.78 bits per heavy atom. The highest BCUT2D eigenvalue weighted by Crippen LogP contribution is 2.23. The number of methoxy groups -OCH3 is 1. The van der Waals surface area contributed by atoms with Crippen molar-refractivity contribution in [3.63, 3.8) is 0 Å².